The molecule has 0 aromatic rings. The normalized spacial score (nSPS) is 0. The zero-order valence-corrected chi connectivity index (χ0v) is 5.76. The van der Waals surface area contributed by atoms with Crippen LogP contribution in [0.15, 0.2) is 0 Å². The van der Waals surface area contributed by atoms with Crippen LogP contribution >= 0.6 is 0 Å². The van der Waals surface area contributed by atoms with E-state index in [-0.39, 0.29) is 51.7 Å². The van der Waals surface area contributed by atoms with Gasteiger partial charge >= 0.3 is 0 Å². The first-order chi connectivity index (χ1) is 0. The summed E-state index contributed by atoms with van der Waals surface area (Å²) in [5.74, 6) is 0. The van der Waals surface area contributed by atoms with Crippen LogP contribution in [0.1, 0.15) is 0 Å². The van der Waals surface area contributed by atoms with E-state index in [2.05, 4.69) is 0 Å². The largest absolute Gasteiger partial charge is 0 e. The molecule has 0 aliphatic heterocycles. The van der Waals surface area contributed by atoms with Crippen LogP contribution in [0.4, 0.5) is 0 Å². The van der Waals surface area contributed by atoms with E-state index in [0.717, 1.165) is 0 Å². The zero-order valence-electron chi connectivity index (χ0n) is 2.18. The molecular weight excluding hydrogens is 122 g/mol. The van der Waals surface area contributed by atoms with E-state index in [1.165, 1.54) is 0 Å². The quantitative estimate of drug-likeness (QED) is 0.345. The van der Waals surface area contributed by atoms with Crippen LogP contribution in [-0.4, -0.2) is 45.6 Å². The zero-order chi connectivity index (χ0) is 0. The van der Waals surface area contributed by atoms with E-state index in [1.807, 2.05) is 0 Å². The molecule has 0 aromatic carbocycles. The predicted octanol–water partition coefficient (Wildman–Crippen LogP) is -1.62. The Kier molecular flexibility index (Phi) is 481. The topological polar surface area (TPSA) is 30.5 Å². The van der Waals surface area contributed by atoms with Crippen LogP contribution in [0.5, 0.6) is 0 Å². The summed E-state index contributed by atoms with van der Waals surface area (Å²) < 4.78 is 0. The van der Waals surface area contributed by atoms with E-state index in [4.69, 9.17) is 0 Å². The second-order valence-electron chi connectivity index (χ2n) is 0. The van der Waals surface area contributed by atoms with Crippen molar-refractivity contribution in [2.45, 2.75) is 0 Å². The van der Waals surface area contributed by atoms with Crippen molar-refractivity contribution in [1.82, 2.24) is 6.15 Å². The molecule has 12 radical (unpaired) electrons. The van der Waals surface area contributed by atoms with Crippen molar-refractivity contribution in [3.8, 4) is 0 Å². The summed E-state index contributed by atoms with van der Waals surface area (Å²) in [4.78, 5) is 0. The van der Waals surface area contributed by atoms with Gasteiger partial charge in [-0.05, 0) is 0 Å². The molecule has 0 aromatic heterocycles. The molecule has 0 spiro atoms. The second-order valence-corrected chi connectivity index (χ2v) is 0. The third-order valence-corrected chi connectivity index (χ3v) is 0. The van der Waals surface area contributed by atoms with E-state index in [0.29, 0.717) is 0 Å². The molecular formula is AlBGaN. The Hall–Kier alpha value is 1.19. The predicted molar refractivity (Wildman–Crippen MR) is 19.4 cm³/mol. The first kappa shape index (κ1) is 64.1. The monoisotopic (exact) mass is 121 g/mol. The van der Waals surface area contributed by atoms with Gasteiger partial charge in [-0.2, -0.15) is 0 Å². The molecule has 0 aliphatic carbocycles. The molecule has 0 N–H and O–H groups in total. The number of hydrogen-bond donors (Lipinski definition) is 0. The van der Waals surface area contributed by atoms with Gasteiger partial charge in [0.1, 0.15) is 0 Å². The summed E-state index contributed by atoms with van der Waals surface area (Å²) in [5, 5.41) is 0. The molecule has 0 aliphatic rings. The van der Waals surface area contributed by atoms with Gasteiger partial charge in [0.25, 0.3) is 0 Å². The molecule has 0 atom stereocenters. The smallest absolute Gasteiger partial charge is 0 e. The summed E-state index contributed by atoms with van der Waals surface area (Å²) >= 11 is 0. The van der Waals surface area contributed by atoms with Gasteiger partial charge in [-0.25, -0.2) is 0 Å². The number of nitrogens with zero attached hydrogens (tertiary/aromatic N) is 1. The number of hydrogen-bond acceptors (Lipinski definition) is 0. The fourth-order valence-electron chi connectivity index (χ4n) is 0. The molecule has 0 rings (SSSR count). The van der Waals surface area contributed by atoms with Gasteiger partial charge in [0.15, 0.2) is 0 Å². The maximum atomic E-state index is 0. The van der Waals surface area contributed by atoms with Crippen molar-refractivity contribution in [2.75, 3.05) is 0 Å². The average molecular weight is 122 g/mol. The van der Waals surface area contributed by atoms with Gasteiger partial charge < -0.3 is 0 Å². The maximum absolute atomic E-state index is 0. The summed E-state index contributed by atoms with van der Waals surface area (Å²) in [5.41, 5.74) is 0. The standard InChI is InChI=1S/Al.B.Ga.N. The Labute approximate surface area is 51.9 Å². The SMILES string of the molecule is [Al].[B].[Ga].[N]. The van der Waals surface area contributed by atoms with E-state index in [9.17, 15) is 0 Å². The first-order valence-corrected chi connectivity index (χ1v) is 0. The summed E-state index contributed by atoms with van der Waals surface area (Å²) in [6, 6.07) is 0. The molecule has 0 amide bonds. The Balaban J connectivity index is 0. The summed E-state index contributed by atoms with van der Waals surface area (Å²) in [6.07, 6.45) is 0. The minimum Gasteiger partial charge on any atom is 0 e. The van der Waals surface area contributed by atoms with Gasteiger partial charge in [-0.15, -0.1) is 0 Å². The second kappa shape index (κ2) is 30.0. The van der Waals surface area contributed by atoms with E-state index in [1.54, 1.807) is 0 Å². The molecule has 0 fully saturated rings. The van der Waals surface area contributed by atoms with Crippen LogP contribution in [0, 0.1) is 0 Å². The number of rotatable bonds is 0. The molecule has 0 heterocycles. The molecule has 0 saturated carbocycles. The Morgan fingerprint density at radius 1 is 1.00 bits per heavy atom. The van der Waals surface area contributed by atoms with Crippen LogP contribution in [-0.2, 0) is 0 Å². The van der Waals surface area contributed by atoms with Gasteiger partial charge in [-0.3, -0.25) is 0 Å². The third-order valence-electron chi connectivity index (χ3n) is 0. The average Bonchev–Trinajstić information content (AvgIpc) is 0. The van der Waals surface area contributed by atoms with Crippen LogP contribution in [0.25, 0.3) is 0 Å². The molecule has 14 valence electrons. The fraction of sp³-hybridized carbons (Fsp3) is 0. The third kappa shape index (κ3) is 10.8. The molecule has 4 heavy (non-hydrogen) atoms. The van der Waals surface area contributed by atoms with Crippen LogP contribution < -0.4 is 6.15 Å². The maximum Gasteiger partial charge on any atom is 0 e. The van der Waals surface area contributed by atoms with E-state index >= 15 is 0 Å². The Bertz CT molecular complexity index is 8.00. The van der Waals surface area contributed by atoms with Gasteiger partial charge in [0.05, 0.1) is 0 Å². The minimum absolute atomic E-state index is 0. The fourth-order valence-corrected chi connectivity index (χ4v) is 0. The molecule has 4 heteroatoms. The van der Waals surface area contributed by atoms with Crippen molar-refractivity contribution in [1.29, 1.82) is 0 Å². The molecule has 0 unspecified atom stereocenters. The van der Waals surface area contributed by atoms with Crippen molar-refractivity contribution in [3.05, 3.63) is 0 Å². The van der Waals surface area contributed by atoms with Crippen molar-refractivity contribution >= 4 is 45.6 Å². The van der Waals surface area contributed by atoms with Crippen molar-refractivity contribution in [3.63, 3.8) is 0 Å². The van der Waals surface area contributed by atoms with Crippen LogP contribution in [0.3, 0.4) is 0 Å². The first-order valence-electron chi connectivity index (χ1n) is 0. The minimum atomic E-state index is 0. The molecule has 0 saturated heterocycles. The Morgan fingerprint density at radius 3 is 1.00 bits per heavy atom. The van der Waals surface area contributed by atoms with E-state index < -0.39 is 0 Å². The molecule has 1 nitrogen and oxygen atoms in total. The molecule has 0 bridgehead atoms. The van der Waals surface area contributed by atoms with Crippen molar-refractivity contribution < 1.29 is 0 Å². The van der Waals surface area contributed by atoms with Gasteiger partial charge in [0, 0.05) is 51.7 Å². The summed E-state index contributed by atoms with van der Waals surface area (Å²) in [7, 11) is 0. The Morgan fingerprint density at radius 2 is 1.00 bits per heavy atom. The summed E-state index contributed by atoms with van der Waals surface area (Å²) in [6.45, 7) is 0. The van der Waals surface area contributed by atoms with Gasteiger partial charge in [0.2, 0.25) is 0 Å². The van der Waals surface area contributed by atoms with Crippen LogP contribution in [0.2, 0.25) is 0 Å². The van der Waals surface area contributed by atoms with Gasteiger partial charge in [-0.1, -0.05) is 0 Å². The van der Waals surface area contributed by atoms with Crippen molar-refractivity contribution in [2.24, 2.45) is 0 Å².